The average molecular weight is 333 g/mol. The van der Waals surface area contributed by atoms with Gasteiger partial charge in [-0.3, -0.25) is 0 Å². The molecule has 0 aliphatic heterocycles. The summed E-state index contributed by atoms with van der Waals surface area (Å²) in [6.07, 6.45) is 1.52. The van der Waals surface area contributed by atoms with Crippen LogP contribution in [0, 0.1) is 27.7 Å². The highest BCUT2D eigenvalue weighted by Crippen LogP contribution is 2.46. The van der Waals surface area contributed by atoms with Crippen molar-refractivity contribution in [2.24, 2.45) is 0 Å². The summed E-state index contributed by atoms with van der Waals surface area (Å²) in [4.78, 5) is 0. The number of allylic oxidation sites excluding steroid dienone is 2. The third-order valence-electron chi connectivity index (χ3n) is 3.23. The van der Waals surface area contributed by atoms with E-state index >= 15 is 0 Å². The summed E-state index contributed by atoms with van der Waals surface area (Å²) in [5.74, 6) is 0. The predicted molar refractivity (Wildman–Crippen MR) is 92.7 cm³/mol. The molecular formula is C15H22N6OP-. The van der Waals surface area contributed by atoms with Gasteiger partial charge < -0.3 is 10.5 Å². The molecule has 0 aliphatic carbocycles. The first kappa shape index (κ1) is 17.2. The van der Waals surface area contributed by atoms with Crippen molar-refractivity contribution in [2.45, 2.75) is 41.5 Å². The number of aryl methyl sites for hydroxylation is 4. The van der Waals surface area contributed by atoms with E-state index in [1.54, 1.807) is 13.8 Å². The summed E-state index contributed by atoms with van der Waals surface area (Å²) < 4.78 is 16.8. The molecule has 2 aromatic rings. The molecule has 0 aromatic carbocycles. The van der Waals surface area contributed by atoms with Crippen LogP contribution in [0.4, 0.5) is 0 Å². The van der Waals surface area contributed by atoms with Gasteiger partial charge in [-0.1, -0.05) is 13.0 Å². The fourth-order valence-corrected chi connectivity index (χ4v) is 4.90. The molecule has 2 aromatic heterocycles. The number of aromatic nitrogens is 4. The summed E-state index contributed by atoms with van der Waals surface area (Å²) in [5.41, 5.74) is 3.78. The summed E-state index contributed by atoms with van der Waals surface area (Å²) in [6.45, 7) is 10.7. The second-order valence-corrected chi connectivity index (χ2v) is 7.83. The molecule has 0 saturated carbocycles. The highest BCUT2D eigenvalue weighted by atomic mass is 31.2. The largest absolute Gasteiger partial charge is 0.808 e. The number of rotatable bonds is 5. The lowest BCUT2D eigenvalue weighted by atomic mass is 10.3. The van der Waals surface area contributed by atoms with Crippen molar-refractivity contribution < 1.29 is 4.57 Å². The highest BCUT2D eigenvalue weighted by molar-refractivity contribution is 7.58. The molecule has 8 heteroatoms. The van der Waals surface area contributed by atoms with Gasteiger partial charge in [0.25, 0.3) is 0 Å². The van der Waals surface area contributed by atoms with E-state index in [4.69, 9.17) is 0 Å². The summed E-state index contributed by atoms with van der Waals surface area (Å²) in [7, 11) is -3.40. The Balaban J connectivity index is 2.65. The maximum atomic E-state index is 13.8. The first-order valence-electron chi connectivity index (χ1n) is 7.31. The lowest BCUT2D eigenvalue weighted by Crippen LogP contribution is -2.23. The zero-order chi connectivity index (χ0) is 17.4. The Kier molecular flexibility index (Phi) is 4.61. The zero-order valence-electron chi connectivity index (χ0n) is 14.3. The van der Waals surface area contributed by atoms with Crippen LogP contribution < -0.4 is 5.09 Å². The minimum atomic E-state index is -3.40. The molecule has 0 fully saturated rings. The van der Waals surface area contributed by atoms with Crippen LogP contribution in [0.3, 0.4) is 0 Å². The van der Waals surface area contributed by atoms with Gasteiger partial charge in [0.1, 0.15) is 0 Å². The monoisotopic (exact) mass is 333 g/mol. The molecule has 1 N–H and O–H groups in total. The Morgan fingerprint density at radius 2 is 1.52 bits per heavy atom. The van der Waals surface area contributed by atoms with Gasteiger partial charge in [0.2, 0.25) is 0 Å². The molecule has 0 radical (unpaired) electrons. The molecule has 124 valence electrons. The van der Waals surface area contributed by atoms with Crippen molar-refractivity contribution in [1.82, 2.24) is 24.2 Å². The fraction of sp³-hybridized carbons (Fsp3) is 0.400. The highest BCUT2D eigenvalue weighted by Gasteiger charge is 2.32. The lowest BCUT2D eigenvalue weighted by Gasteiger charge is -2.23. The van der Waals surface area contributed by atoms with Crippen LogP contribution in [-0.2, 0) is 4.57 Å². The van der Waals surface area contributed by atoms with E-state index in [1.807, 2.05) is 39.8 Å². The molecule has 0 atom stereocenters. The quantitative estimate of drug-likeness (QED) is 0.671. The SMILES string of the molecule is CC(=[N-])/C=C(/C)NP(=O)(n1nc(C)cc1C)n1nc(C)cc1C. The topological polar surface area (TPSA) is 87.0 Å². The summed E-state index contributed by atoms with van der Waals surface area (Å²) in [5, 5.41) is 21.2. The molecule has 2 rings (SSSR count). The maximum Gasteiger partial charge on any atom is 0.396 e. The third-order valence-corrected chi connectivity index (χ3v) is 5.71. The van der Waals surface area contributed by atoms with Crippen LogP contribution in [0.1, 0.15) is 36.6 Å². The van der Waals surface area contributed by atoms with Gasteiger partial charge in [-0.2, -0.15) is 24.8 Å². The van der Waals surface area contributed by atoms with E-state index in [2.05, 4.69) is 15.3 Å². The van der Waals surface area contributed by atoms with Crippen LogP contribution in [0.5, 0.6) is 0 Å². The van der Waals surface area contributed by atoms with E-state index in [9.17, 15) is 9.97 Å². The Morgan fingerprint density at radius 1 is 1.09 bits per heavy atom. The fourth-order valence-electron chi connectivity index (χ4n) is 2.53. The van der Waals surface area contributed by atoms with E-state index in [1.165, 1.54) is 15.0 Å². The molecule has 0 saturated heterocycles. The van der Waals surface area contributed by atoms with Crippen LogP contribution in [0.2, 0.25) is 0 Å². The van der Waals surface area contributed by atoms with Gasteiger partial charge in [0, 0.05) is 17.1 Å². The number of hydrogen-bond donors (Lipinski definition) is 1. The predicted octanol–water partition coefficient (Wildman–Crippen LogP) is 3.34. The van der Waals surface area contributed by atoms with Gasteiger partial charge in [-0.15, -0.1) is 0 Å². The molecule has 0 bridgehead atoms. The maximum absolute atomic E-state index is 13.8. The van der Waals surface area contributed by atoms with E-state index in [0.29, 0.717) is 5.70 Å². The van der Waals surface area contributed by atoms with Crippen LogP contribution >= 0.6 is 7.59 Å². The Labute approximate surface area is 136 Å². The Bertz CT molecular complexity index is 779. The van der Waals surface area contributed by atoms with E-state index in [-0.39, 0.29) is 5.71 Å². The zero-order valence-corrected chi connectivity index (χ0v) is 15.2. The number of nitrogens with zero attached hydrogens (tertiary/aromatic N) is 5. The van der Waals surface area contributed by atoms with Crippen molar-refractivity contribution in [2.75, 3.05) is 0 Å². The molecule has 0 amide bonds. The van der Waals surface area contributed by atoms with Crippen LogP contribution in [-0.4, -0.2) is 24.8 Å². The second-order valence-electron chi connectivity index (χ2n) is 5.76. The van der Waals surface area contributed by atoms with Crippen molar-refractivity contribution in [3.8, 4) is 0 Å². The van der Waals surface area contributed by atoms with Crippen molar-refractivity contribution in [3.05, 3.63) is 52.1 Å². The van der Waals surface area contributed by atoms with Crippen molar-refractivity contribution in [3.63, 3.8) is 0 Å². The van der Waals surface area contributed by atoms with Gasteiger partial charge in [-0.05, 0) is 46.8 Å². The lowest BCUT2D eigenvalue weighted by molar-refractivity contribution is 0.538. The van der Waals surface area contributed by atoms with E-state index in [0.717, 1.165) is 22.8 Å². The average Bonchev–Trinajstić information content (AvgIpc) is 2.90. The van der Waals surface area contributed by atoms with E-state index < -0.39 is 7.59 Å². The van der Waals surface area contributed by atoms with Gasteiger partial charge in [0.05, 0.1) is 11.4 Å². The molecule has 0 aliphatic rings. The van der Waals surface area contributed by atoms with Crippen molar-refractivity contribution >= 4 is 13.3 Å². The van der Waals surface area contributed by atoms with Gasteiger partial charge in [0.15, 0.2) is 0 Å². The normalized spacial score (nSPS) is 12.5. The molecule has 0 spiro atoms. The van der Waals surface area contributed by atoms with Crippen LogP contribution in [0.25, 0.3) is 5.41 Å². The molecular weight excluding hydrogens is 311 g/mol. The number of nitrogens with one attached hydrogen (secondary N) is 1. The first-order chi connectivity index (χ1) is 10.6. The molecule has 2 heterocycles. The van der Waals surface area contributed by atoms with Gasteiger partial charge in [-0.25, -0.2) is 4.57 Å². The van der Waals surface area contributed by atoms with Gasteiger partial charge >= 0.3 is 7.59 Å². The minimum Gasteiger partial charge on any atom is -0.808 e. The smallest absolute Gasteiger partial charge is 0.396 e. The van der Waals surface area contributed by atoms with Crippen LogP contribution in [0.15, 0.2) is 23.9 Å². The Morgan fingerprint density at radius 3 is 1.83 bits per heavy atom. The summed E-state index contributed by atoms with van der Waals surface area (Å²) in [6, 6.07) is 3.73. The second kappa shape index (κ2) is 6.16. The Hall–Kier alpha value is -2.14. The minimum absolute atomic E-state index is 0.128. The summed E-state index contributed by atoms with van der Waals surface area (Å²) >= 11 is 0. The third kappa shape index (κ3) is 3.45. The molecule has 0 unspecified atom stereocenters. The molecule has 23 heavy (non-hydrogen) atoms. The van der Waals surface area contributed by atoms with Crippen molar-refractivity contribution in [1.29, 1.82) is 0 Å². The first-order valence-corrected chi connectivity index (χ1v) is 8.92. The number of hydrogen-bond acceptors (Lipinski definition) is 3. The standard InChI is InChI=1S/C15H22N6OP/c1-10(16)7-13(4)19-23(22,20-14(5)8-11(2)17-20)21-15(6)9-12(3)18-21/h7-9H,1-6H3,(H,19,22)/q-1/b13-7-. The molecule has 7 nitrogen and oxygen atoms in total.